The minimum absolute atomic E-state index is 0.0419. The third-order valence-corrected chi connectivity index (χ3v) is 7.51. The highest BCUT2D eigenvalue weighted by atomic mass is 16.3. The van der Waals surface area contributed by atoms with E-state index in [0.717, 1.165) is 19.3 Å². The number of allylic oxidation sites excluding steroid dienone is 2. The average molecular weight is 334 g/mol. The van der Waals surface area contributed by atoms with Crippen molar-refractivity contribution in [3.8, 4) is 0 Å². The number of hydrogen-bond donors (Lipinski definition) is 2. The molecule has 2 N–H and O–H groups in total. The Kier molecular flexibility index (Phi) is 4.08. The molecule has 24 heavy (non-hydrogen) atoms. The van der Waals surface area contributed by atoms with Crippen LogP contribution >= 0.6 is 0 Å². The number of rotatable bonds is 2. The highest BCUT2D eigenvalue weighted by molar-refractivity contribution is 5.87. The smallest absolute Gasteiger partial charge is 0.164 e. The van der Waals surface area contributed by atoms with Crippen LogP contribution in [-0.2, 0) is 9.59 Å². The molecule has 0 heterocycles. The van der Waals surface area contributed by atoms with Gasteiger partial charge in [-0.3, -0.25) is 9.59 Å². The molecule has 4 nitrogen and oxygen atoms in total. The number of Topliss-reactive ketones (excluding diaryl/α,β-unsaturated/α-hetero) is 2. The largest absolute Gasteiger partial charge is 0.389 e. The van der Waals surface area contributed by atoms with E-state index in [9.17, 15) is 19.8 Å². The second-order valence-electron chi connectivity index (χ2n) is 9.35. The van der Waals surface area contributed by atoms with Crippen molar-refractivity contribution in [3.63, 3.8) is 0 Å². The van der Waals surface area contributed by atoms with E-state index >= 15 is 0 Å². The molecule has 0 aromatic rings. The first kappa shape index (κ1) is 17.8. The van der Waals surface area contributed by atoms with E-state index in [1.165, 1.54) is 5.57 Å². The van der Waals surface area contributed by atoms with E-state index in [4.69, 9.17) is 0 Å². The molecule has 3 aliphatic rings. The van der Waals surface area contributed by atoms with E-state index < -0.39 is 23.5 Å². The monoisotopic (exact) mass is 334 g/mol. The molecule has 0 aliphatic heterocycles. The second kappa shape index (κ2) is 5.50. The maximum absolute atomic E-state index is 12.5. The minimum atomic E-state index is -0.879. The summed E-state index contributed by atoms with van der Waals surface area (Å²) in [7, 11) is 0. The Morgan fingerprint density at radius 1 is 1.25 bits per heavy atom. The highest BCUT2D eigenvalue weighted by Gasteiger charge is 2.59. The third-order valence-electron chi connectivity index (χ3n) is 7.51. The van der Waals surface area contributed by atoms with Gasteiger partial charge in [-0.2, -0.15) is 0 Å². The van der Waals surface area contributed by atoms with Crippen molar-refractivity contribution < 1.29 is 19.8 Å². The average Bonchev–Trinajstić information content (AvgIpc) is 2.51. The van der Waals surface area contributed by atoms with E-state index in [-0.39, 0.29) is 22.9 Å². The first-order valence-electron chi connectivity index (χ1n) is 9.10. The van der Waals surface area contributed by atoms with E-state index in [1.807, 2.05) is 20.8 Å². The molecule has 5 unspecified atom stereocenters. The maximum Gasteiger partial charge on any atom is 0.164 e. The fourth-order valence-corrected chi connectivity index (χ4v) is 5.97. The van der Waals surface area contributed by atoms with Gasteiger partial charge in [-0.05, 0) is 42.9 Å². The van der Waals surface area contributed by atoms with Gasteiger partial charge in [0, 0.05) is 17.3 Å². The SMILES string of the molecule is CC1(C(=O)CO)CCC2C(=CCC3C(C)(C)C(O)C(=O)CC23C)C1. The van der Waals surface area contributed by atoms with Crippen molar-refractivity contribution in [2.24, 2.45) is 28.1 Å². The summed E-state index contributed by atoms with van der Waals surface area (Å²) in [6.45, 7) is 7.79. The maximum atomic E-state index is 12.5. The van der Waals surface area contributed by atoms with Crippen molar-refractivity contribution in [2.75, 3.05) is 6.61 Å². The van der Waals surface area contributed by atoms with Gasteiger partial charge in [0.1, 0.15) is 12.7 Å². The number of fused-ring (bicyclic) bond motifs is 3. The van der Waals surface area contributed by atoms with Crippen molar-refractivity contribution >= 4 is 11.6 Å². The zero-order valence-corrected chi connectivity index (χ0v) is 15.3. The van der Waals surface area contributed by atoms with Crippen LogP contribution in [0.15, 0.2) is 11.6 Å². The predicted molar refractivity (Wildman–Crippen MR) is 91.2 cm³/mol. The summed E-state index contributed by atoms with van der Waals surface area (Å²) < 4.78 is 0. The summed E-state index contributed by atoms with van der Waals surface area (Å²) in [6, 6.07) is 0. The van der Waals surface area contributed by atoms with Gasteiger partial charge in [0.25, 0.3) is 0 Å². The lowest BCUT2D eigenvalue weighted by Gasteiger charge is -2.59. The van der Waals surface area contributed by atoms with Crippen LogP contribution in [0.1, 0.15) is 59.8 Å². The molecule has 2 saturated carbocycles. The second-order valence-corrected chi connectivity index (χ2v) is 9.35. The summed E-state index contributed by atoms with van der Waals surface area (Å²) in [4.78, 5) is 24.6. The summed E-state index contributed by atoms with van der Waals surface area (Å²) in [5.74, 6) is 0.445. The molecular weight excluding hydrogens is 304 g/mol. The van der Waals surface area contributed by atoms with Crippen LogP contribution in [-0.4, -0.2) is 34.5 Å². The Morgan fingerprint density at radius 2 is 1.92 bits per heavy atom. The van der Waals surface area contributed by atoms with E-state index in [1.54, 1.807) is 0 Å². The minimum Gasteiger partial charge on any atom is -0.389 e. The summed E-state index contributed by atoms with van der Waals surface area (Å²) in [5.41, 5.74) is 0.235. The standard InChI is InChI=1S/C20H30O4/c1-18(2)15-6-5-12-9-19(3,16(23)11-21)8-7-13(12)20(15,4)10-14(22)17(18)24/h5,13,15,17,21,24H,6-11H2,1-4H3. The van der Waals surface area contributed by atoms with Crippen LogP contribution in [0.5, 0.6) is 0 Å². The zero-order valence-electron chi connectivity index (χ0n) is 15.3. The van der Waals surface area contributed by atoms with Gasteiger partial charge in [-0.15, -0.1) is 0 Å². The number of ketones is 2. The molecule has 0 radical (unpaired) electrons. The van der Waals surface area contributed by atoms with Crippen LogP contribution in [0.3, 0.4) is 0 Å². The first-order chi connectivity index (χ1) is 11.1. The number of carbonyl (C=O) groups is 2. The molecule has 0 spiro atoms. The molecule has 0 saturated heterocycles. The lowest BCUT2D eigenvalue weighted by atomic mass is 9.45. The number of aliphatic hydroxyl groups excluding tert-OH is 2. The predicted octanol–water partition coefficient (Wildman–Crippen LogP) is 2.67. The molecule has 0 aromatic carbocycles. The first-order valence-corrected chi connectivity index (χ1v) is 9.10. The van der Waals surface area contributed by atoms with E-state index in [2.05, 4.69) is 13.0 Å². The topological polar surface area (TPSA) is 74.6 Å². The lowest BCUT2D eigenvalue weighted by Crippen LogP contribution is -2.59. The third kappa shape index (κ3) is 2.33. The van der Waals surface area contributed by atoms with E-state index in [0.29, 0.717) is 18.8 Å². The van der Waals surface area contributed by atoms with Gasteiger partial charge in [0.15, 0.2) is 11.6 Å². The van der Waals surface area contributed by atoms with Crippen LogP contribution in [0.4, 0.5) is 0 Å². The van der Waals surface area contributed by atoms with Gasteiger partial charge in [0.05, 0.1) is 0 Å². The van der Waals surface area contributed by atoms with Crippen LogP contribution < -0.4 is 0 Å². The lowest BCUT2D eigenvalue weighted by molar-refractivity contribution is -0.161. The molecule has 3 rings (SSSR count). The summed E-state index contributed by atoms with van der Waals surface area (Å²) >= 11 is 0. The Morgan fingerprint density at radius 3 is 2.54 bits per heavy atom. The van der Waals surface area contributed by atoms with Gasteiger partial charge in [0.2, 0.25) is 0 Å². The molecule has 0 bridgehead atoms. The molecule has 0 aromatic heterocycles. The molecule has 0 amide bonds. The molecular formula is C20H30O4. The Bertz CT molecular complexity index is 605. The molecule has 4 heteroatoms. The Hall–Kier alpha value is -1.00. The fraction of sp³-hybridized carbons (Fsp3) is 0.800. The normalized spacial score (nSPS) is 44.3. The highest BCUT2D eigenvalue weighted by Crippen LogP contribution is 2.62. The van der Waals surface area contributed by atoms with Crippen molar-refractivity contribution in [2.45, 2.75) is 65.9 Å². The molecule has 2 fully saturated rings. The van der Waals surface area contributed by atoms with Gasteiger partial charge in [-0.25, -0.2) is 0 Å². The molecule has 3 aliphatic carbocycles. The van der Waals surface area contributed by atoms with Gasteiger partial charge in [-0.1, -0.05) is 39.3 Å². The summed E-state index contributed by atoms with van der Waals surface area (Å²) in [5, 5.41) is 19.7. The Balaban J connectivity index is 1.96. The number of hydrogen-bond acceptors (Lipinski definition) is 4. The van der Waals surface area contributed by atoms with Crippen molar-refractivity contribution in [1.29, 1.82) is 0 Å². The van der Waals surface area contributed by atoms with Crippen LogP contribution in [0, 0.1) is 28.1 Å². The quantitative estimate of drug-likeness (QED) is 0.761. The number of aliphatic hydroxyl groups is 2. The molecule has 5 atom stereocenters. The zero-order chi connectivity index (χ0) is 17.9. The van der Waals surface area contributed by atoms with Gasteiger partial charge < -0.3 is 10.2 Å². The number of carbonyl (C=O) groups excluding carboxylic acids is 2. The fourth-order valence-electron chi connectivity index (χ4n) is 5.97. The van der Waals surface area contributed by atoms with Crippen molar-refractivity contribution in [1.82, 2.24) is 0 Å². The van der Waals surface area contributed by atoms with Crippen LogP contribution in [0.2, 0.25) is 0 Å². The molecule has 134 valence electrons. The Labute approximate surface area is 144 Å². The summed E-state index contributed by atoms with van der Waals surface area (Å²) in [6.07, 6.45) is 4.97. The van der Waals surface area contributed by atoms with Crippen LogP contribution in [0.25, 0.3) is 0 Å². The van der Waals surface area contributed by atoms with Crippen molar-refractivity contribution in [3.05, 3.63) is 11.6 Å². The van der Waals surface area contributed by atoms with Gasteiger partial charge >= 0.3 is 0 Å².